The Morgan fingerprint density at radius 2 is 1.06 bits per heavy atom. The molecule has 10 aromatic carbocycles. The van der Waals surface area contributed by atoms with Gasteiger partial charge in [0.25, 0.3) is 0 Å². The molecule has 15 rings (SSSR count). The fourth-order valence-electron chi connectivity index (χ4n) is 13.9. The van der Waals surface area contributed by atoms with Crippen molar-refractivity contribution >= 4 is 66.2 Å². The van der Waals surface area contributed by atoms with Crippen molar-refractivity contribution in [2.24, 2.45) is 0 Å². The van der Waals surface area contributed by atoms with Gasteiger partial charge in [0.15, 0.2) is 11.6 Å². The number of aryl methyl sites for hydroxylation is 1. The number of fused-ring (bicyclic) bond motifs is 9. The van der Waals surface area contributed by atoms with Gasteiger partial charge in [0.1, 0.15) is 5.82 Å². The number of nitrogens with zero attached hydrogens (tertiary/aromatic N) is 6. The molecule has 3 atom stereocenters. The molecule has 0 aliphatic heterocycles. The summed E-state index contributed by atoms with van der Waals surface area (Å²) in [5.41, 5.74) is 23.2. The summed E-state index contributed by atoms with van der Waals surface area (Å²) in [7, 11) is 0. The molecule has 0 amide bonds. The molecule has 1 aliphatic rings. The van der Waals surface area contributed by atoms with Crippen LogP contribution in [-0.2, 0) is 0 Å². The zero-order chi connectivity index (χ0) is 58.9. The maximum absolute atomic E-state index is 5.52. The quantitative estimate of drug-likeness (QED) is 0.115. The van der Waals surface area contributed by atoms with Crippen LogP contribution in [0.2, 0.25) is 0 Å². The van der Waals surface area contributed by atoms with E-state index >= 15 is 0 Å². The molecule has 420 valence electrons. The zero-order valence-corrected chi connectivity index (χ0v) is 49.9. The molecule has 14 aromatic rings. The molecular weight excluding hydrogens is 1060 g/mol. The summed E-state index contributed by atoms with van der Waals surface area (Å²) in [4.78, 5) is 16.3. The Hall–Kier alpha value is -10.4. The first-order chi connectivity index (χ1) is 42.7. The topological polar surface area (TPSA) is 53.5 Å². The van der Waals surface area contributed by atoms with Crippen molar-refractivity contribution in [1.29, 1.82) is 0 Å². The molecule has 4 heterocycles. The monoisotopic (exact) mass is 1120 g/mol. The van der Waals surface area contributed by atoms with E-state index in [1.807, 2.05) is 6.92 Å². The highest BCUT2D eigenvalue weighted by Crippen LogP contribution is 2.48. The number of rotatable bonds is 12. The van der Waals surface area contributed by atoms with Crippen molar-refractivity contribution in [3.63, 3.8) is 0 Å². The van der Waals surface area contributed by atoms with Crippen LogP contribution >= 0.6 is 0 Å². The standard InChI is InChI=1S/C81H66N6/c1-7-23-55(8-2)80-82-79(83-81(84-80)59-41-39-58(40-42-59)56-25-11-9-12-26-56)54(6)53(5)76-67(70-49-63(43-38-51(70)3)86-74-37-20-17-33-66(74)68-34-21-24-52(4)77(68)86)45-46-69-71-50-62(85-72-35-18-15-31-64(72)65-32-16-19-36-73(65)85)44-47-75(71)87(78(69)76)61-30-22-29-60(48-61)57-27-13-10-14-28-57/h7-23,25-50,52-54H,24H2,1-6H3/b23-7-,55-8+. The van der Waals surface area contributed by atoms with Gasteiger partial charge in [-0.25, -0.2) is 15.0 Å². The van der Waals surface area contributed by atoms with Crippen molar-refractivity contribution < 1.29 is 0 Å². The van der Waals surface area contributed by atoms with Gasteiger partial charge in [-0.05, 0) is 138 Å². The number of benzene rings is 10. The molecule has 1 aliphatic carbocycles. The molecule has 4 aromatic heterocycles. The minimum Gasteiger partial charge on any atom is -0.313 e. The molecule has 6 nitrogen and oxygen atoms in total. The van der Waals surface area contributed by atoms with Gasteiger partial charge in [-0.1, -0.05) is 221 Å². The SMILES string of the molecule is C/C=C\C(=C/C)c1nc(-c2ccc(-c3ccccc3)cc2)nc(C(C)C(C)c2c(-c3cc(-n4c5c(c6ccccc64)C=CCC5C)ccc3C)ccc3c4cc(-n5c6ccccc6c6ccccc65)ccc4n(-c4cccc(-c5ccccc5)c4)c23)n1. The predicted octanol–water partition coefficient (Wildman–Crippen LogP) is 21.4. The Kier molecular flexibility index (Phi) is 13.4. The van der Waals surface area contributed by atoms with E-state index in [1.54, 1.807) is 0 Å². The molecule has 0 saturated heterocycles. The molecule has 6 heteroatoms. The first-order valence-corrected chi connectivity index (χ1v) is 30.6. The molecule has 0 N–H and O–H groups in total. The number of allylic oxidation sites excluding steroid dienone is 5. The normalized spacial score (nSPS) is 14.3. The first kappa shape index (κ1) is 53.3. The van der Waals surface area contributed by atoms with E-state index in [4.69, 9.17) is 15.0 Å². The summed E-state index contributed by atoms with van der Waals surface area (Å²) in [5, 5.41) is 6.11. The lowest BCUT2D eigenvalue weighted by Crippen LogP contribution is -2.14. The Labute approximate surface area is 508 Å². The number of hydrogen-bond donors (Lipinski definition) is 0. The first-order valence-electron chi connectivity index (χ1n) is 30.6. The molecular formula is C81H66N6. The second-order valence-electron chi connectivity index (χ2n) is 23.5. The van der Waals surface area contributed by atoms with Crippen LogP contribution in [0, 0.1) is 6.92 Å². The van der Waals surface area contributed by atoms with Gasteiger partial charge in [0.2, 0.25) is 0 Å². The average molecular weight is 1120 g/mol. The largest absolute Gasteiger partial charge is 0.313 e. The van der Waals surface area contributed by atoms with Crippen molar-refractivity contribution in [3.8, 4) is 61.8 Å². The van der Waals surface area contributed by atoms with Gasteiger partial charge in [0, 0.05) is 78.2 Å². The fraction of sp³-hybridized carbons (Fsp3) is 0.123. The summed E-state index contributed by atoms with van der Waals surface area (Å²) in [5.74, 6) is 2.04. The lowest BCUT2D eigenvalue weighted by molar-refractivity contribution is 0.588. The second kappa shape index (κ2) is 21.9. The molecule has 0 fully saturated rings. The summed E-state index contributed by atoms with van der Waals surface area (Å²) >= 11 is 0. The van der Waals surface area contributed by atoms with Crippen molar-refractivity contribution in [1.82, 2.24) is 28.7 Å². The van der Waals surface area contributed by atoms with Crippen LogP contribution in [-0.4, -0.2) is 28.7 Å². The highest BCUT2D eigenvalue weighted by atomic mass is 15.0. The lowest BCUT2D eigenvalue weighted by atomic mass is 9.81. The van der Waals surface area contributed by atoms with Crippen LogP contribution in [0.5, 0.6) is 0 Å². The highest BCUT2D eigenvalue weighted by molar-refractivity contribution is 6.14. The van der Waals surface area contributed by atoms with Gasteiger partial charge in [-0.2, -0.15) is 0 Å². The predicted molar refractivity (Wildman–Crippen MR) is 366 cm³/mol. The van der Waals surface area contributed by atoms with Crippen molar-refractivity contribution in [2.75, 3.05) is 0 Å². The van der Waals surface area contributed by atoms with Gasteiger partial charge in [0.05, 0.1) is 27.6 Å². The Morgan fingerprint density at radius 3 is 1.76 bits per heavy atom. The molecule has 87 heavy (non-hydrogen) atoms. The third-order valence-corrected chi connectivity index (χ3v) is 18.4. The maximum atomic E-state index is 5.52. The minimum absolute atomic E-state index is 0.145. The summed E-state index contributed by atoms with van der Waals surface area (Å²) < 4.78 is 7.54. The maximum Gasteiger partial charge on any atom is 0.163 e. The molecule has 0 radical (unpaired) electrons. The zero-order valence-electron chi connectivity index (χ0n) is 49.9. The van der Waals surface area contributed by atoms with E-state index in [0.29, 0.717) is 17.6 Å². The van der Waals surface area contributed by atoms with Gasteiger partial charge in [-0.15, -0.1) is 0 Å². The summed E-state index contributed by atoms with van der Waals surface area (Å²) in [6, 6.07) is 84.6. The number of para-hydroxylation sites is 3. The Bertz CT molecular complexity index is 5030. The van der Waals surface area contributed by atoms with Gasteiger partial charge >= 0.3 is 0 Å². The smallest absolute Gasteiger partial charge is 0.163 e. The minimum atomic E-state index is -0.200. The summed E-state index contributed by atoms with van der Waals surface area (Å²) in [6.07, 6.45) is 11.9. The van der Waals surface area contributed by atoms with E-state index in [9.17, 15) is 0 Å². The van der Waals surface area contributed by atoms with Crippen LogP contribution in [0.25, 0.3) is 128 Å². The molecule has 0 bridgehead atoms. The third kappa shape index (κ3) is 9.05. The van der Waals surface area contributed by atoms with Crippen LogP contribution in [0.4, 0.5) is 0 Å². The highest BCUT2D eigenvalue weighted by Gasteiger charge is 2.31. The Balaban J connectivity index is 1.01. The van der Waals surface area contributed by atoms with E-state index in [0.717, 1.165) is 62.6 Å². The number of aromatic nitrogens is 6. The van der Waals surface area contributed by atoms with E-state index in [1.165, 1.54) is 88.1 Å². The van der Waals surface area contributed by atoms with Crippen molar-refractivity contribution in [2.45, 2.75) is 65.7 Å². The molecule has 0 spiro atoms. The lowest BCUT2D eigenvalue weighted by Gasteiger charge is -2.26. The van der Waals surface area contributed by atoms with Crippen LogP contribution in [0.3, 0.4) is 0 Å². The van der Waals surface area contributed by atoms with Gasteiger partial charge in [-0.3, -0.25) is 0 Å². The van der Waals surface area contributed by atoms with Crippen LogP contribution in [0.15, 0.2) is 255 Å². The second-order valence-corrected chi connectivity index (χ2v) is 23.5. The van der Waals surface area contributed by atoms with Crippen LogP contribution < -0.4 is 0 Å². The fourth-order valence-corrected chi connectivity index (χ4v) is 13.9. The average Bonchev–Trinajstić information content (AvgIpc) is 1.68. The third-order valence-electron chi connectivity index (χ3n) is 18.4. The van der Waals surface area contributed by atoms with E-state index in [-0.39, 0.29) is 11.8 Å². The molecule has 0 saturated carbocycles. The van der Waals surface area contributed by atoms with Gasteiger partial charge < -0.3 is 13.7 Å². The van der Waals surface area contributed by atoms with Crippen LogP contribution in [0.1, 0.15) is 92.8 Å². The Morgan fingerprint density at radius 1 is 0.471 bits per heavy atom. The van der Waals surface area contributed by atoms with E-state index < -0.39 is 0 Å². The summed E-state index contributed by atoms with van der Waals surface area (Å²) in [6.45, 7) is 13.5. The number of hydrogen-bond acceptors (Lipinski definition) is 3. The van der Waals surface area contributed by atoms with E-state index in [2.05, 4.69) is 309 Å². The van der Waals surface area contributed by atoms with Crippen molar-refractivity contribution in [3.05, 3.63) is 289 Å². The molecule has 3 unspecified atom stereocenters.